The van der Waals surface area contributed by atoms with E-state index in [-0.39, 0.29) is 11.9 Å². The largest absolute Gasteiger partial charge is 0.342 e. The van der Waals surface area contributed by atoms with Crippen molar-refractivity contribution in [3.8, 4) is 0 Å². The van der Waals surface area contributed by atoms with Crippen LogP contribution in [0.1, 0.15) is 19.3 Å². The molecule has 0 radical (unpaired) electrons. The van der Waals surface area contributed by atoms with Crippen molar-refractivity contribution in [3.63, 3.8) is 0 Å². The predicted molar refractivity (Wildman–Crippen MR) is 70.7 cm³/mol. The van der Waals surface area contributed by atoms with Crippen LogP contribution < -0.4 is 10.6 Å². The second-order valence-corrected chi connectivity index (χ2v) is 5.67. The first-order valence-corrected chi connectivity index (χ1v) is 7.29. The zero-order valence-corrected chi connectivity index (χ0v) is 11.2. The van der Waals surface area contributed by atoms with E-state index < -0.39 is 0 Å². The summed E-state index contributed by atoms with van der Waals surface area (Å²) in [7, 11) is 0. The van der Waals surface area contributed by atoms with Gasteiger partial charge >= 0.3 is 6.03 Å². The van der Waals surface area contributed by atoms with E-state index in [1.165, 1.54) is 0 Å². The molecule has 2 N–H and O–H groups in total. The first kappa shape index (κ1) is 12.7. The van der Waals surface area contributed by atoms with Crippen LogP contribution >= 0.6 is 0 Å². The van der Waals surface area contributed by atoms with Crippen molar-refractivity contribution in [2.75, 3.05) is 39.3 Å². The second-order valence-electron chi connectivity index (χ2n) is 5.67. The Bertz CT molecular complexity index is 360. The lowest BCUT2D eigenvalue weighted by atomic mass is 10.0. The number of piperidine rings is 1. The minimum atomic E-state index is 0.0600. The molecule has 0 aliphatic carbocycles. The molecule has 3 aliphatic heterocycles. The number of carbonyl (C=O) groups is 2. The number of urea groups is 1. The number of nitrogens with zero attached hydrogens (tertiary/aromatic N) is 2. The molecule has 0 bridgehead atoms. The van der Waals surface area contributed by atoms with E-state index in [1.54, 1.807) is 0 Å². The van der Waals surface area contributed by atoms with E-state index in [0.717, 1.165) is 58.5 Å². The summed E-state index contributed by atoms with van der Waals surface area (Å²) in [5.41, 5.74) is 0. The van der Waals surface area contributed by atoms with E-state index in [1.807, 2.05) is 9.80 Å². The standard InChI is InChI=1S/C13H22N4O2/c18-12(10-1-4-14-9-10)16-6-2-11(3-7-16)17-8-5-15-13(17)19/h10-11,14H,1-9H2,(H,15,19). The molecule has 0 spiro atoms. The highest BCUT2D eigenvalue weighted by Gasteiger charge is 2.34. The van der Waals surface area contributed by atoms with E-state index in [9.17, 15) is 9.59 Å². The van der Waals surface area contributed by atoms with Crippen LogP contribution in [-0.2, 0) is 4.79 Å². The molecule has 106 valence electrons. The Labute approximate surface area is 113 Å². The van der Waals surface area contributed by atoms with Gasteiger partial charge in [-0.1, -0.05) is 0 Å². The van der Waals surface area contributed by atoms with Crippen LogP contribution in [0.2, 0.25) is 0 Å². The fourth-order valence-corrected chi connectivity index (χ4v) is 3.36. The number of hydrogen-bond donors (Lipinski definition) is 2. The third-order valence-electron chi connectivity index (χ3n) is 4.52. The molecule has 3 rings (SSSR count). The summed E-state index contributed by atoms with van der Waals surface area (Å²) >= 11 is 0. The van der Waals surface area contributed by atoms with Crippen molar-refractivity contribution in [1.82, 2.24) is 20.4 Å². The first-order valence-electron chi connectivity index (χ1n) is 7.29. The van der Waals surface area contributed by atoms with E-state index >= 15 is 0 Å². The maximum absolute atomic E-state index is 12.3. The van der Waals surface area contributed by atoms with Gasteiger partial charge < -0.3 is 20.4 Å². The Morgan fingerprint density at radius 1 is 1.11 bits per heavy atom. The van der Waals surface area contributed by atoms with E-state index in [2.05, 4.69) is 10.6 Å². The minimum absolute atomic E-state index is 0.0600. The summed E-state index contributed by atoms with van der Waals surface area (Å²) in [4.78, 5) is 27.8. The highest BCUT2D eigenvalue weighted by atomic mass is 16.2. The Morgan fingerprint density at radius 3 is 2.47 bits per heavy atom. The molecule has 3 heterocycles. The van der Waals surface area contributed by atoms with Gasteiger partial charge in [-0.15, -0.1) is 0 Å². The lowest BCUT2D eigenvalue weighted by Gasteiger charge is -2.37. The van der Waals surface area contributed by atoms with E-state index in [4.69, 9.17) is 0 Å². The molecule has 3 amide bonds. The number of rotatable bonds is 2. The van der Waals surface area contributed by atoms with Crippen LogP contribution in [0.3, 0.4) is 0 Å². The van der Waals surface area contributed by atoms with Crippen molar-refractivity contribution >= 4 is 11.9 Å². The van der Waals surface area contributed by atoms with Gasteiger partial charge in [0, 0.05) is 38.8 Å². The van der Waals surface area contributed by atoms with Gasteiger partial charge in [0.1, 0.15) is 0 Å². The third kappa shape index (κ3) is 2.54. The van der Waals surface area contributed by atoms with Crippen molar-refractivity contribution in [1.29, 1.82) is 0 Å². The maximum Gasteiger partial charge on any atom is 0.317 e. The molecule has 3 fully saturated rings. The van der Waals surface area contributed by atoms with E-state index in [0.29, 0.717) is 11.9 Å². The molecule has 0 saturated carbocycles. The van der Waals surface area contributed by atoms with Gasteiger partial charge in [-0.3, -0.25) is 4.79 Å². The zero-order chi connectivity index (χ0) is 13.2. The number of hydrogen-bond acceptors (Lipinski definition) is 3. The van der Waals surface area contributed by atoms with Crippen LogP contribution in [0, 0.1) is 5.92 Å². The molecule has 6 heteroatoms. The second kappa shape index (κ2) is 5.36. The number of likely N-dealkylation sites (tertiary alicyclic amines) is 1. The number of carbonyl (C=O) groups excluding carboxylic acids is 2. The van der Waals surface area contributed by atoms with Gasteiger partial charge in [0.25, 0.3) is 0 Å². The maximum atomic E-state index is 12.3. The van der Waals surface area contributed by atoms with Crippen LogP contribution in [0.25, 0.3) is 0 Å². The lowest BCUT2D eigenvalue weighted by Crippen LogP contribution is -2.49. The zero-order valence-electron chi connectivity index (χ0n) is 11.2. The summed E-state index contributed by atoms with van der Waals surface area (Å²) in [6.45, 7) is 4.94. The molecule has 3 saturated heterocycles. The van der Waals surface area contributed by atoms with Crippen molar-refractivity contribution in [3.05, 3.63) is 0 Å². The van der Waals surface area contributed by atoms with Crippen LogP contribution in [0.15, 0.2) is 0 Å². The normalized spacial score (nSPS) is 28.8. The van der Waals surface area contributed by atoms with Gasteiger partial charge in [0.15, 0.2) is 0 Å². The molecular formula is C13H22N4O2. The Kier molecular flexibility index (Phi) is 3.59. The summed E-state index contributed by atoms with van der Waals surface area (Å²) < 4.78 is 0. The fourth-order valence-electron chi connectivity index (χ4n) is 3.36. The van der Waals surface area contributed by atoms with Crippen molar-refractivity contribution < 1.29 is 9.59 Å². The third-order valence-corrected chi connectivity index (χ3v) is 4.52. The average Bonchev–Trinajstić information content (AvgIpc) is 3.09. The summed E-state index contributed by atoms with van der Waals surface area (Å²) in [6, 6.07) is 0.373. The van der Waals surface area contributed by atoms with Crippen LogP contribution in [-0.4, -0.2) is 67.0 Å². The van der Waals surface area contributed by atoms with Gasteiger partial charge in [0.05, 0.1) is 5.92 Å². The molecule has 0 aromatic heterocycles. The van der Waals surface area contributed by atoms with Crippen LogP contribution in [0.5, 0.6) is 0 Å². The fraction of sp³-hybridized carbons (Fsp3) is 0.846. The predicted octanol–water partition coefficient (Wildman–Crippen LogP) is -0.388. The molecule has 3 aliphatic rings. The molecule has 0 aromatic rings. The Balaban J connectivity index is 1.51. The smallest absolute Gasteiger partial charge is 0.317 e. The molecule has 6 nitrogen and oxygen atoms in total. The van der Waals surface area contributed by atoms with Crippen molar-refractivity contribution in [2.24, 2.45) is 5.92 Å². The number of nitrogens with one attached hydrogen (secondary N) is 2. The Morgan fingerprint density at radius 2 is 1.89 bits per heavy atom. The highest BCUT2D eigenvalue weighted by molar-refractivity contribution is 5.79. The SMILES string of the molecule is O=C(C1CCNC1)N1CCC(N2CCNC2=O)CC1. The van der Waals surface area contributed by atoms with Crippen LogP contribution in [0.4, 0.5) is 4.79 Å². The lowest BCUT2D eigenvalue weighted by molar-refractivity contribution is -0.136. The summed E-state index contributed by atoms with van der Waals surface area (Å²) in [6.07, 6.45) is 2.80. The number of amides is 3. The Hall–Kier alpha value is -1.30. The van der Waals surface area contributed by atoms with Crippen molar-refractivity contribution in [2.45, 2.75) is 25.3 Å². The topological polar surface area (TPSA) is 64.7 Å². The highest BCUT2D eigenvalue weighted by Crippen LogP contribution is 2.21. The molecule has 1 unspecified atom stereocenters. The molecule has 19 heavy (non-hydrogen) atoms. The summed E-state index contributed by atoms with van der Waals surface area (Å²) in [5.74, 6) is 0.473. The van der Waals surface area contributed by atoms with Gasteiger partial charge in [-0.05, 0) is 25.8 Å². The molecule has 1 atom stereocenters. The first-order chi connectivity index (χ1) is 9.25. The molecule has 0 aromatic carbocycles. The molecular weight excluding hydrogens is 244 g/mol. The monoisotopic (exact) mass is 266 g/mol. The van der Waals surface area contributed by atoms with Gasteiger partial charge in [-0.2, -0.15) is 0 Å². The van der Waals surface area contributed by atoms with Gasteiger partial charge in [-0.25, -0.2) is 4.79 Å². The van der Waals surface area contributed by atoms with Gasteiger partial charge in [0.2, 0.25) is 5.91 Å². The minimum Gasteiger partial charge on any atom is -0.342 e. The average molecular weight is 266 g/mol. The quantitative estimate of drug-likeness (QED) is 0.715. The summed E-state index contributed by atoms with van der Waals surface area (Å²) in [5, 5.41) is 6.09.